The zero-order valence-electron chi connectivity index (χ0n) is 6.90. The highest BCUT2D eigenvalue weighted by atomic mass is 16.6. The van der Waals surface area contributed by atoms with Gasteiger partial charge in [0.15, 0.2) is 0 Å². The fourth-order valence-electron chi connectivity index (χ4n) is 1.34. The molecule has 0 aliphatic heterocycles. The number of hydrogen-bond acceptors (Lipinski definition) is 4. The zero-order chi connectivity index (χ0) is 9.47. The Bertz CT molecular complexity index is 340. The van der Waals surface area contributed by atoms with Crippen LogP contribution in [-0.2, 0) is 5.41 Å². The summed E-state index contributed by atoms with van der Waals surface area (Å²) in [7, 11) is 0. The van der Waals surface area contributed by atoms with Crippen LogP contribution in [0.5, 0.6) is 0 Å². The van der Waals surface area contributed by atoms with Crippen LogP contribution in [0.1, 0.15) is 18.6 Å². The van der Waals surface area contributed by atoms with Crippen LogP contribution in [0.2, 0.25) is 0 Å². The Morgan fingerprint density at radius 2 is 2.31 bits per heavy atom. The summed E-state index contributed by atoms with van der Waals surface area (Å²) in [6.45, 7) is -0.00231. The maximum absolute atomic E-state index is 10.3. The molecule has 0 unspecified atom stereocenters. The van der Waals surface area contributed by atoms with Crippen molar-refractivity contribution < 1.29 is 14.4 Å². The molecule has 5 heteroatoms. The highest BCUT2D eigenvalue weighted by Gasteiger charge is 2.47. The minimum absolute atomic E-state index is 0.00231. The molecule has 0 spiro atoms. The summed E-state index contributed by atoms with van der Waals surface area (Å²) in [5.41, 5.74) is -0.325. The third kappa shape index (κ3) is 1.21. The van der Waals surface area contributed by atoms with E-state index in [4.69, 9.17) is 9.52 Å². The number of furan rings is 1. The molecule has 1 aliphatic carbocycles. The van der Waals surface area contributed by atoms with E-state index in [9.17, 15) is 10.1 Å². The smallest absolute Gasteiger partial charge is 0.405 e. The molecule has 1 saturated carbocycles. The maximum Gasteiger partial charge on any atom is 0.433 e. The first-order valence-electron chi connectivity index (χ1n) is 4.03. The molecular weight excluding hydrogens is 174 g/mol. The van der Waals surface area contributed by atoms with Crippen molar-refractivity contribution >= 4 is 5.88 Å². The largest absolute Gasteiger partial charge is 0.433 e. The monoisotopic (exact) mass is 183 g/mol. The second kappa shape index (κ2) is 2.56. The van der Waals surface area contributed by atoms with Gasteiger partial charge in [-0.2, -0.15) is 0 Å². The third-order valence-corrected chi connectivity index (χ3v) is 2.45. The molecule has 0 atom stereocenters. The zero-order valence-corrected chi connectivity index (χ0v) is 6.90. The molecule has 1 fully saturated rings. The van der Waals surface area contributed by atoms with Gasteiger partial charge >= 0.3 is 5.88 Å². The van der Waals surface area contributed by atoms with Crippen molar-refractivity contribution in [3.05, 3.63) is 28.0 Å². The average molecular weight is 183 g/mol. The quantitative estimate of drug-likeness (QED) is 0.564. The van der Waals surface area contributed by atoms with Crippen molar-refractivity contribution in [1.29, 1.82) is 0 Å². The van der Waals surface area contributed by atoms with Crippen molar-refractivity contribution in [2.45, 2.75) is 18.3 Å². The Morgan fingerprint density at radius 1 is 1.62 bits per heavy atom. The first-order chi connectivity index (χ1) is 6.18. The molecule has 1 heterocycles. The van der Waals surface area contributed by atoms with Crippen LogP contribution >= 0.6 is 0 Å². The van der Waals surface area contributed by atoms with E-state index in [0.29, 0.717) is 5.76 Å². The summed E-state index contributed by atoms with van der Waals surface area (Å²) >= 11 is 0. The highest BCUT2D eigenvalue weighted by Crippen LogP contribution is 2.48. The van der Waals surface area contributed by atoms with Gasteiger partial charge in [-0.05, 0) is 18.9 Å². The molecular formula is C8H9NO4. The van der Waals surface area contributed by atoms with Crippen LogP contribution in [0.25, 0.3) is 0 Å². The van der Waals surface area contributed by atoms with E-state index in [1.807, 2.05) is 0 Å². The Labute approximate surface area is 74.1 Å². The number of aliphatic hydroxyl groups excluding tert-OH is 1. The van der Waals surface area contributed by atoms with Gasteiger partial charge in [0.05, 0.1) is 18.1 Å². The molecule has 1 aliphatic rings. The van der Waals surface area contributed by atoms with E-state index in [2.05, 4.69) is 0 Å². The molecule has 0 bridgehead atoms. The predicted molar refractivity (Wildman–Crippen MR) is 43.4 cm³/mol. The molecule has 13 heavy (non-hydrogen) atoms. The maximum atomic E-state index is 10.3. The summed E-state index contributed by atoms with van der Waals surface area (Å²) in [4.78, 5) is 9.73. The molecule has 70 valence electrons. The molecule has 1 N–H and O–H groups in total. The molecule has 1 aromatic heterocycles. The Kier molecular flexibility index (Phi) is 1.63. The lowest BCUT2D eigenvalue weighted by atomic mass is 10.1. The Morgan fingerprint density at radius 3 is 2.69 bits per heavy atom. The lowest BCUT2D eigenvalue weighted by Gasteiger charge is -2.05. The first kappa shape index (κ1) is 8.25. The fraction of sp³-hybridized carbons (Fsp3) is 0.500. The van der Waals surface area contributed by atoms with Gasteiger partial charge in [0, 0.05) is 0 Å². The van der Waals surface area contributed by atoms with Gasteiger partial charge in [0.2, 0.25) is 0 Å². The second-order valence-corrected chi connectivity index (χ2v) is 3.33. The summed E-state index contributed by atoms with van der Waals surface area (Å²) in [6, 6.07) is 2.90. The normalized spacial score (nSPS) is 18.5. The SMILES string of the molecule is O=[N+]([O-])c1ccc(C2(CO)CC2)o1. The van der Waals surface area contributed by atoms with Gasteiger partial charge < -0.3 is 9.52 Å². The Balaban J connectivity index is 2.28. The van der Waals surface area contributed by atoms with Gasteiger partial charge in [-0.1, -0.05) is 0 Å². The van der Waals surface area contributed by atoms with Gasteiger partial charge in [-0.3, -0.25) is 10.1 Å². The number of nitrogens with zero attached hydrogens (tertiary/aromatic N) is 1. The molecule has 5 nitrogen and oxygen atoms in total. The van der Waals surface area contributed by atoms with Crippen LogP contribution in [-0.4, -0.2) is 16.6 Å². The van der Waals surface area contributed by atoms with Crippen molar-refractivity contribution in [3.63, 3.8) is 0 Å². The number of aliphatic hydroxyl groups is 1. The summed E-state index contributed by atoms with van der Waals surface area (Å²) < 4.78 is 5.00. The van der Waals surface area contributed by atoms with Gasteiger partial charge in [0.1, 0.15) is 10.7 Å². The Hall–Kier alpha value is -1.36. The standard InChI is InChI=1S/C8H9NO4/c10-5-8(3-4-8)6-1-2-7(13-6)9(11)12/h1-2,10H,3-5H2. The van der Waals surface area contributed by atoms with Crippen molar-refractivity contribution in [1.82, 2.24) is 0 Å². The van der Waals surface area contributed by atoms with Crippen LogP contribution in [0.3, 0.4) is 0 Å². The summed E-state index contributed by atoms with van der Waals surface area (Å²) in [5.74, 6) is 0.274. The van der Waals surface area contributed by atoms with Gasteiger partial charge in [-0.15, -0.1) is 0 Å². The fourth-order valence-corrected chi connectivity index (χ4v) is 1.34. The molecule has 0 radical (unpaired) electrons. The number of rotatable bonds is 3. The van der Waals surface area contributed by atoms with Crippen LogP contribution in [0.15, 0.2) is 16.5 Å². The average Bonchev–Trinajstić information content (AvgIpc) is 2.75. The lowest BCUT2D eigenvalue weighted by molar-refractivity contribution is -0.402. The minimum Gasteiger partial charge on any atom is -0.405 e. The summed E-state index contributed by atoms with van der Waals surface area (Å²) in [6.07, 6.45) is 1.68. The van der Waals surface area contributed by atoms with E-state index in [1.165, 1.54) is 6.07 Å². The van der Waals surface area contributed by atoms with Crippen LogP contribution < -0.4 is 0 Å². The number of nitro groups is 1. The van der Waals surface area contributed by atoms with Crippen molar-refractivity contribution in [3.8, 4) is 0 Å². The molecule has 0 amide bonds. The minimum atomic E-state index is -0.572. The lowest BCUT2D eigenvalue weighted by Crippen LogP contribution is -2.10. The third-order valence-electron chi connectivity index (χ3n) is 2.45. The molecule has 0 aromatic carbocycles. The number of hydrogen-bond donors (Lipinski definition) is 1. The van der Waals surface area contributed by atoms with Crippen LogP contribution in [0.4, 0.5) is 5.88 Å². The van der Waals surface area contributed by atoms with E-state index in [1.54, 1.807) is 6.07 Å². The van der Waals surface area contributed by atoms with Gasteiger partial charge in [0.25, 0.3) is 0 Å². The predicted octanol–water partition coefficient (Wildman–Crippen LogP) is 1.21. The van der Waals surface area contributed by atoms with E-state index in [0.717, 1.165) is 12.8 Å². The molecule has 2 rings (SSSR count). The van der Waals surface area contributed by atoms with E-state index >= 15 is 0 Å². The molecule has 1 aromatic rings. The summed E-state index contributed by atoms with van der Waals surface area (Å²) in [5, 5.41) is 19.3. The van der Waals surface area contributed by atoms with Crippen molar-refractivity contribution in [2.24, 2.45) is 0 Å². The molecule has 0 saturated heterocycles. The van der Waals surface area contributed by atoms with E-state index < -0.39 is 4.92 Å². The second-order valence-electron chi connectivity index (χ2n) is 3.33. The topological polar surface area (TPSA) is 76.5 Å². The van der Waals surface area contributed by atoms with Crippen LogP contribution in [0, 0.1) is 10.1 Å². The first-order valence-corrected chi connectivity index (χ1v) is 4.03. The highest BCUT2D eigenvalue weighted by molar-refractivity contribution is 5.28. The van der Waals surface area contributed by atoms with Gasteiger partial charge in [-0.25, -0.2) is 0 Å². The van der Waals surface area contributed by atoms with E-state index in [-0.39, 0.29) is 17.9 Å². The van der Waals surface area contributed by atoms with Crippen molar-refractivity contribution in [2.75, 3.05) is 6.61 Å².